The van der Waals surface area contributed by atoms with Gasteiger partial charge in [0, 0.05) is 91.8 Å². The lowest BCUT2D eigenvalue weighted by Crippen LogP contribution is -2.43. The Bertz CT molecular complexity index is 1630. The Hall–Kier alpha value is -4.68. The molecule has 0 fully saturated rings. The Kier molecular flexibility index (Phi) is 8.69. The van der Waals surface area contributed by atoms with Crippen LogP contribution in [0.25, 0.3) is 10.8 Å². The van der Waals surface area contributed by atoms with Crippen molar-refractivity contribution in [3.05, 3.63) is 95.1 Å². The lowest BCUT2D eigenvalue weighted by atomic mass is 9.85. The quantitative estimate of drug-likeness (QED) is 0.327. The molecule has 0 spiro atoms. The van der Waals surface area contributed by atoms with Gasteiger partial charge in [-0.1, -0.05) is 12.1 Å². The third-order valence-corrected chi connectivity index (χ3v) is 6.07. The number of hydrogen-bond acceptors (Lipinski definition) is 8. The van der Waals surface area contributed by atoms with Crippen LogP contribution in [-0.2, 0) is 21.6 Å². The maximum Gasteiger partial charge on any atom is 0.265 e. The zero-order valence-corrected chi connectivity index (χ0v) is 24.6. The molecule has 0 radical (unpaired) electrons. The van der Waals surface area contributed by atoms with Crippen LogP contribution < -0.4 is 9.80 Å². The largest absolute Gasteiger partial charge is 0.508 e. The predicted molar refractivity (Wildman–Crippen MR) is 162 cm³/mol. The van der Waals surface area contributed by atoms with Crippen LogP contribution in [0.1, 0.15) is 41.4 Å². The summed E-state index contributed by atoms with van der Waals surface area (Å²) in [5.41, 5.74) is 1.09. The number of carbonyl (C=O) groups excluding carboxylic acids is 4. The summed E-state index contributed by atoms with van der Waals surface area (Å²) in [5, 5.41) is 20.1. The summed E-state index contributed by atoms with van der Waals surface area (Å²) in [6.45, 7) is 0. The summed E-state index contributed by atoms with van der Waals surface area (Å²) in [6, 6.07) is 17.4. The average molecular weight is 607 g/mol. The molecule has 0 saturated heterocycles. The molecule has 10 nitrogen and oxygen atoms in total. The second kappa shape index (κ2) is 12.0. The normalized spacial score (nSPS) is 13.7. The second-order valence-corrected chi connectivity index (χ2v) is 12.5. The summed E-state index contributed by atoms with van der Waals surface area (Å²) in [7, 11) is -1.22. The van der Waals surface area contributed by atoms with E-state index in [9.17, 15) is 37.8 Å². The number of nitrogens with zero attached hydrogens (tertiary/aromatic N) is 2. The highest BCUT2D eigenvalue weighted by Gasteiger charge is 2.40. The van der Waals surface area contributed by atoms with E-state index in [-0.39, 0.29) is 55.9 Å². The third-order valence-electron chi connectivity index (χ3n) is 6.07. The van der Waals surface area contributed by atoms with E-state index in [0.717, 1.165) is 9.80 Å². The third kappa shape index (κ3) is 5.71. The number of amides is 4. The van der Waals surface area contributed by atoms with Crippen LogP contribution in [0.2, 0.25) is 0 Å². The van der Waals surface area contributed by atoms with E-state index in [0.29, 0.717) is 0 Å². The number of phenols is 2. The minimum absolute atomic E-state index is 0.0997. The van der Waals surface area contributed by atoms with Crippen LogP contribution in [0.4, 0.5) is 11.4 Å². The number of rotatable bonds is 2. The first-order valence-electron chi connectivity index (χ1n) is 12.3. The first-order chi connectivity index (χ1) is 19.8. The molecule has 0 bridgehead atoms. The number of imide groups is 2. The fraction of sp³-hybridized carbons (Fsp3) is 0.133. The van der Waals surface area contributed by atoms with Crippen molar-refractivity contribution < 1.29 is 37.8 Å². The lowest BCUT2D eigenvalue weighted by Gasteiger charge is -2.32. The van der Waals surface area contributed by atoms with E-state index in [1.807, 2.05) is 0 Å². The standard InChI is InChI=1S/C26H14N2O6.2C2H6OS/c29-15-5-1-3-13(11-15)27-23(31)17-7-9-19-22-20(10-8-18(21(17)22)24(27)32)26(34)28(25(19)33)14-4-2-6-16(30)12-14;2*1-4(2)3/h1-12,29-30H;2*1-2H3. The zero-order chi connectivity index (χ0) is 30.9. The zero-order valence-electron chi connectivity index (χ0n) is 23.0. The summed E-state index contributed by atoms with van der Waals surface area (Å²) in [4.78, 5) is 55.4. The van der Waals surface area contributed by atoms with E-state index in [4.69, 9.17) is 0 Å². The molecule has 0 atom stereocenters. The summed E-state index contributed by atoms with van der Waals surface area (Å²) >= 11 is 0. The summed E-state index contributed by atoms with van der Waals surface area (Å²) < 4.78 is 19.1. The molecule has 2 aliphatic heterocycles. The molecule has 6 rings (SSSR count). The number of phenolic OH excluding ortho intramolecular Hbond substituents is 2. The molecule has 0 aromatic heterocycles. The van der Waals surface area contributed by atoms with Crippen molar-refractivity contribution in [2.75, 3.05) is 34.8 Å². The predicted octanol–water partition coefficient (Wildman–Crippen LogP) is 3.84. The van der Waals surface area contributed by atoms with Gasteiger partial charge in [-0.15, -0.1) is 0 Å². The first kappa shape index (κ1) is 30.3. The van der Waals surface area contributed by atoms with E-state index < -0.39 is 45.2 Å². The fourth-order valence-corrected chi connectivity index (χ4v) is 4.61. The van der Waals surface area contributed by atoms with Crippen molar-refractivity contribution >= 4 is 67.4 Å². The van der Waals surface area contributed by atoms with E-state index in [1.165, 1.54) is 72.8 Å². The van der Waals surface area contributed by atoms with Gasteiger partial charge in [0.1, 0.15) is 11.5 Å². The van der Waals surface area contributed by atoms with Gasteiger partial charge in [0.25, 0.3) is 23.6 Å². The molecule has 0 unspecified atom stereocenters. The lowest BCUT2D eigenvalue weighted by molar-refractivity contribution is 0.0873. The van der Waals surface area contributed by atoms with E-state index in [1.54, 1.807) is 25.0 Å². The van der Waals surface area contributed by atoms with Crippen molar-refractivity contribution in [1.29, 1.82) is 0 Å². The Labute approximate surface area is 246 Å². The van der Waals surface area contributed by atoms with Gasteiger partial charge in [-0.3, -0.25) is 27.6 Å². The van der Waals surface area contributed by atoms with Gasteiger partial charge in [0.05, 0.1) is 11.4 Å². The van der Waals surface area contributed by atoms with Gasteiger partial charge < -0.3 is 10.2 Å². The Morgan fingerprint density at radius 2 is 0.762 bits per heavy atom. The first-order valence-corrected chi connectivity index (χ1v) is 16.2. The van der Waals surface area contributed by atoms with Gasteiger partial charge in [-0.2, -0.15) is 0 Å². The van der Waals surface area contributed by atoms with Gasteiger partial charge in [-0.05, 0) is 48.5 Å². The molecule has 2 aliphatic rings. The Balaban J connectivity index is 0.000000453. The van der Waals surface area contributed by atoms with Gasteiger partial charge in [0.2, 0.25) is 0 Å². The number of anilines is 2. The minimum atomic E-state index is -0.623. The maximum absolute atomic E-state index is 13.4. The number of hydrogen-bond donors (Lipinski definition) is 2. The van der Waals surface area contributed by atoms with Crippen LogP contribution in [0.5, 0.6) is 11.5 Å². The Morgan fingerprint density at radius 3 is 1.00 bits per heavy atom. The highest BCUT2D eigenvalue weighted by molar-refractivity contribution is 7.83. The topological polar surface area (TPSA) is 149 Å². The molecule has 42 heavy (non-hydrogen) atoms. The molecule has 4 amide bonds. The molecule has 0 aliphatic carbocycles. The molecule has 4 aromatic rings. The summed E-state index contributed by atoms with van der Waals surface area (Å²) in [6.07, 6.45) is 6.56. The van der Waals surface area contributed by atoms with Crippen molar-refractivity contribution in [2.24, 2.45) is 0 Å². The summed E-state index contributed by atoms with van der Waals surface area (Å²) in [5.74, 6) is -2.69. The highest BCUT2D eigenvalue weighted by Crippen LogP contribution is 2.40. The van der Waals surface area contributed by atoms with Crippen LogP contribution in [0, 0.1) is 0 Å². The van der Waals surface area contributed by atoms with Crippen LogP contribution in [-0.4, -0.2) is 67.3 Å². The van der Waals surface area contributed by atoms with Crippen LogP contribution in [0.3, 0.4) is 0 Å². The monoisotopic (exact) mass is 606 g/mol. The number of benzene rings is 4. The van der Waals surface area contributed by atoms with Crippen molar-refractivity contribution in [3.63, 3.8) is 0 Å². The highest BCUT2D eigenvalue weighted by atomic mass is 32.2. The second-order valence-electron chi connectivity index (χ2n) is 9.49. The SMILES string of the molecule is CS(C)=O.CS(C)=O.O=C1c2ccc3c4c(ccc(c24)C(=O)N1c1cccc(O)c1)C(=O)N(c1cccc(O)c1)C3=O. The van der Waals surface area contributed by atoms with Gasteiger partial charge in [-0.25, -0.2) is 9.80 Å². The van der Waals surface area contributed by atoms with Crippen LogP contribution >= 0.6 is 0 Å². The molecule has 216 valence electrons. The number of aromatic hydroxyl groups is 2. The average Bonchev–Trinajstić information content (AvgIpc) is 2.90. The van der Waals surface area contributed by atoms with Crippen molar-refractivity contribution in [3.8, 4) is 11.5 Å². The molecule has 2 N–H and O–H groups in total. The molecule has 12 heteroatoms. The van der Waals surface area contributed by atoms with Crippen molar-refractivity contribution in [1.82, 2.24) is 0 Å². The minimum Gasteiger partial charge on any atom is -0.508 e. The van der Waals surface area contributed by atoms with Crippen LogP contribution in [0.15, 0.2) is 72.8 Å². The number of carbonyl (C=O) groups is 4. The van der Waals surface area contributed by atoms with Gasteiger partial charge >= 0.3 is 0 Å². The van der Waals surface area contributed by atoms with Gasteiger partial charge in [0.15, 0.2) is 0 Å². The van der Waals surface area contributed by atoms with Crippen molar-refractivity contribution in [2.45, 2.75) is 0 Å². The smallest absolute Gasteiger partial charge is 0.265 e. The van der Waals surface area contributed by atoms with E-state index >= 15 is 0 Å². The molecule has 4 aromatic carbocycles. The maximum atomic E-state index is 13.4. The molecule has 0 saturated carbocycles. The molecular weight excluding hydrogens is 580 g/mol. The molecular formula is C30H26N2O8S2. The molecule has 2 heterocycles. The Morgan fingerprint density at radius 1 is 0.500 bits per heavy atom. The fourth-order valence-electron chi connectivity index (χ4n) is 4.61. The van der Waals surface area contributed by atoms with E-state index in [2.05, 4.69) is 0 Å².